The Morgan fingerprint density at radius 3 is 2.50 bits per heavy atom. The molecule has 5 nitrogen and oxygen atoms in total. The highest BCUT2D eigenvalue weighted by molar-refractivity contribution is 7.84. The zero-order valence-corrected chi connectivity index (χ0v) is 5.94. The average Bonchev–Trinajstić information content (AvgIpc) is 1.81. The molecule has 0 heterocycles. The number of methoxy groups -OCH3 is 1. The number of carbonyl (C=O) groups is 1. The molecule has 0 aromatic rings. The van der Waals surface area contributed by atoms with Crippen molar-refractivity contribution in [2.75, 3.05) is 13.7 Å². The van der Waals surface area contributed by atoms with E-state index in [1.807, 2.05) is 0 Å². The second-order valence-electron chi connectivity index (χ2n) is 1.34. The van der Waals surface area contributed by atoms with Gasteiger partial charge in [-0.3, -0.25) is 4.79 Å². The molecule has 0 radical (unpaired) electrons. The van der Waals surface area contributed by atoms with Gasteiger partial charge in [-0.2, -0.15) is 13.1 Å². The summed E-state index contributed by atoms with van der Waals surface area (Å²) in [6.07, 6.45) is 0. The second kappa shape index (κ2) is 3.47. The van der Waals surface area contributed by atoms with E-state index >= 15 is 0 Å². The lowest BCUT2D eigenvalue weighted by Crippen LogP contribution is -2.27. The first-order valence-electron chi connectivity index (χ1n) is 2.22. The van der Waals surface area contributed by atoms with Crippen LogP contribution in [0, 0.1) is 0 Å². The highest BCUT2D eigenvalue weighted by Crippen LogP contribution is 1.81. The quantitative estimate of drug-likeness (QED) is 0.435. The highest BCUT2D eigenvalue weighted by Gasteiger charge is 2.08. The van der Waals surface area contributed by atoms with Crippen LogP contribution in [0.3, 0.4) is 0 Å². The Balaban J connectivity index is 3.67. The van der Waals surface area contributed by atoms with Gasteiger partial charge in [-0.05, 0) is 0 Å². The van der Waals surface area contributed by atoms with Gasteiger partial charge in [0.1, 0.15) is 6.54 Å². The van der Waals surface area contributed by atoms with Crippen LogP contribution in [0.2, 0.25) is 0 Å². The van der Waals surface area contributed by atoms with E-state index in [0.717, 1.165) is 7.11 Å². The van der Waals surface area contributed by atoms with Crippen molar-refractivity contribution < 1.29 is 21.8 Å². The first kappa shape index (κ1) is 9.31. The van der Waals surface area contributed by atoms with Gasteiger partial charge in [-0.25, -0.2) is 0 Å². The van der Waals surface area contributed by atoms with Crippen LogP contribution in [0.4, 0.5) is 3.89 Å². The summed E-state index contributed by atoms with van der Waals surface area (Å²) in [6.45, 7) is -0.685. The molecule has 0 amide bonds. The normalized spacial score (nSPS) is 11.0. The number of esters is 1. The van der Waals surface area contributed by atoms with Crippen molar-refractivity contribution in [2.45, 2.75) is 0 Å². The molecule has 0 rings (SSSR count). The number of hydrogen-bond acceptors (Lipinski definition) is 4. The highest BCUT2D eigenvalue weighted by atomic mass is 32.3. The minimum absolute atomic E-state index is 0.685. The fraction of sp³-hybridized carbons (Fsp3) is 0.667. The lowest BCUT2D eigenvalue weighted by molar-refractivity contribution is -0.139. The Morgan fingerprint density at radius 1 is 1.70 bits per heavy atom. The predicted octanol–water partition coefficient (Wildman–Crippen LogP) is -1.04. The zero-order chi connectivity index (χ0) is 8.20. The summed E-state index contributed by atoms with van der Waals surface area (Å²) in [5.41, 5.74) is 0. The van der Waals surface area contributed by atoms with Crippen molar-refractivity contribution in [1.29, 1.82) is 0 Å². The van der Waals surface area contributed by atoms with Crippen molar-refractivity contribution in [3.05, 3.63) is 0 Å². The molecule has 0 fully saturated rings. The molecule has 0 aromatic heterocycles. The van der Waals surface area contributed by atoms with Crippen molar-refractivity contribution in [3.63, 3.8) is 0 Å². The predicted molar refractivity (Wildman–Crippen MR) is 30.0 cm³/mol. The standard InChI is InChI=1S/C3H6FNO4S/c1-9-3(6)2-5-10(4,7)8/h5H,2H2,1H3. The first-order chi connectivity index (χ1) is 4.45. The molecule has 0 unspecified atom stereocenters. The van der Waals surface area contributed by atoms with E-state index < -0.39 is 22.9 Å². The fourth-order valence-corrected chi connectivity index (χ4v) is 0.508. The minimum atomic E-state index is -4.78. The molecule has 0 atom stereocenters. The third-order valence-electron chi connectivity index (χ3n) is 0.617. The molecular formula is C3H6FNO4S. The second-order valence-corrected chi connectivity index (χ2v) is 2.50. The van der Waals surface area contributed by atoms with Crippen molar-refractivity contribution >= 4 is 16.4 Å². The van der Waals surface area contributed by atoms with Crippen molar-refractivity contribution in [3.8, 4) is 0 Å². The molecule has 1 N–H and O–H groups in total. The zero-order valence-electron chi connectivity index (χ0n) is 5.13. The van der Waals surface area contributed by atoms with E-state index in [1.54, 1.807) is 0 Å². The van der Waals surface area contributed by atoms with Gasteiger partial charge in [-0.15, -0.1) is 0 Å². The number of hydrogen-bond donors (Lipinski definition) is 1. The number of carbonyl (C=O) groups excluding carboxylic acids is 1. The maximum atomic E-state index is 11.5. The molecule has 7 heteroatoms. The van der Waals surface area contributed by atoms with E-state index in [2.05, 4.69) is 4.74 Å². The van der Waals surface area contributed by atoms with Crippen molar-refractivity contribution in [2.24, 2.45) is 0 Å². The van der Waals surface area contributed by atoms with Crippen LogP contribution in [-0.2, 0) is 19.9 Å². The molecule has 0 aliphatic heterocycles. The van der Waals surface area contributed by atoms with Gasteiger partial charge in [0.15, 0.2) is 0 Å². The Morgan fingerprint density at radius 2 is 2.20 bits per heavy atom. The van der Waals surface area contributed by atoms with Crippen LogP contribution >= 0.6 is 0 Å². The van der Waals surface area contributed by atoms with Crippen LogP contribution in [0.15, 0.2) is 0 Å². The molecule has 0 bridgehead atoms. The van der Waals surface area contributed by atoms with Crippen LogP contribution < -0.4 is 4.72 Å². The molecule has 10 heavy (non-hydrogen) atoms. The van der Waals surface area contributed by atoms with Crippen molar-refractivity contribution in [1.82, 2.24) is 4.72 Å². The van der Waals surface area contributed by atoms with Gasteiger partial charge in [0, 0.05) is 0 Å². The summed E-state index contributed by atoms with van der Waals surface area (Å²) in [5, 5.41) is 0. The van der Waals surface area contributed by atoms with E-state index in [0.29, 0.717) is 0 Å². The number of nitrogens with one attached hydrogen (secondary N) is 1. The fourth-order valence-electron chi connectivity index (χ4n) is 0.217. The maximum absolute atomic E-state index is 11.5. The van der Waals surface area contributed by atoms with E-state index in [1.165, 1.54) is 4.72 Å². The lowest BCUT2D eigenvalue weighted by Gasteiger charge is -1.95. The smallest absolute Gasteiger partial charge is 0.372 e. The monoisotopic (exact) mass is 171 g/mol. The van der Waals surface area contributed by atoms with Gasteiger partial charge in [0.25, 0.3) is 0 Å². The van der Waals surface area contributed by atoms with Gasteiger partial charge < -0.3 is 4.74 Å². The Bertz CT molecular complexity index is 211. The number of ether oxygens (including phenoxy) is 1. The summed E-state index contributed by atoms with van der Waals surface area (Å²) < 4.78 is 36.2. The number of halogens is 1. The molecule has 60 valence electrons. The summed E-state index contributed by atoms with van der Waals surface area (Å²) in [7, 11) is -3.72. The first-order valence-corrected chi connectivity index (χ1v) is 3.60. The van der Waals surface area contributed by atoms with E-state index in [4.69, 9.17) is 0 Å². The van der Waals surface area contributed by atoms with Gasteiger partial charge in [0.2, 0.25) is 0 Å². The molecule has 0 saturated heterocycles. The van der Waals surface area contributed by atoms with Gasteiger partial charge in [0.05, 0.1) is 7.11 Å². The Kier molecular flexibility index (Phi) is 3.23. The Labute approximate surface area is 57.5 Å². The number of rotatable bonds is 3. The van der Waals surface area contributed by atoms with Crippen LogP contribution in [0.1, 0.15) is 0 Å². The SMILES string of the molecule is COC(=O)CNS(=O)(=O)F. The van der Waals surface area contributed by atoms with Crippen LogP contribution in [0.25, 0.3) is 0 Å². The summed E-state index contributed by atoms with van der Waals surface area (Å²) in [4.78, 5) is 10.1. The lowest BCUT2D eigenvalue weighted by atomic mass is 10.7. The average molecular weight is 171 g/mol. The van der Waals surface area contributed by atoms with Gasteiger partial charge in [-0.1, -0.05) is 3.89 Å². The largest absolute Gasteiger partial charge is 0.468 e. The molecule has 0 aliphatic rings. The molecule has 0 spiro atoms. The minimum Gasteiger partial charge on any atom is -0.468 e. The Hall–Kier alpha value is -0.690. The molecule has 0 aromatic carbocycles. The summed E-state index contributed by atoms with van der Waals surface area (Å²) >= 11 is 0. The maximum Gasteiger partial charge on any atom is 0.372 e. The van der Waals surface area contributed by atoms with E-state index in [-0.39, 0.29) is 0 Å². The molecular weight excluding hydrogens is 165 g/mol. The third-order valence-corrected chi connectivity index (χ3v) is 1.11. The van der Waals surface area contributed by atoms with Crippen LogP contribution in [-0.4, -0.2) is 28.0 Å². The topological polar surface area (TPSA) is 72.5 Å². The van der Waals surface area contributed by atoms with Crippen LogP contribution in [0.5, 0.6) is 0 Å². The molecule has 0 aliphatic carbocycles. The summed E-state index contributed by atoms with van der Waals surface area (Å²) in [5.74, 6) is -0.846. The third kappa shape index (κ3) is 5.45. The molecule has 0 saturated carbocycles. The van der Waals surface area contributed by atoms with Gasteiger partial charge >= 0.3 is 16.4 Å². The van der Waals surface area contributed by atoms with E-state index in [9.17, 15) is 17.1 Å². The summed E-state index contributed by atoms with van der Waals surface area (Å²) in [6, 6.07) is 0.